The van der Waals surface area contributed by atoms with E-state index in [0.29, 0.717) is 19.0 Å². The second-order valence-electron chi connectivity index (χ2n) is 3.88. The number of hydrogen-bond acceptors (Lipinski definition) is 1. The Balaban J connectivity index is 2.43. The standard InChI is InChI=1S/C11H11F4N/c12-7-3-4-8(10-2-1-5-16-10)9(6-7)11(13,14)15/h3-4,6,10,16H,1-2,5H2/t10-/m1/s1. The van der Waals surface area contributed by atoms with E-state index in [1.54, 1.807) is 0 Å². The topological polar surface area (TPSA) is 12.0 Å². The summed E-state index contributed by atoms with van der Waals surface area (Å²) in [5.41, 5.74) is -0.724. The summed E-state index contributed by atoms with van der Waals surface area (Å²) in [6.07, 6.45) is -2.99. The van der Waals surface area contributed by atoms with Gasteiger partial charge < -0.3 is 5.32 Å². The first kappa shape index (κ1) is 11.4. The molecule has 2 rings (SSSR count). The van der Waals surface area contributed by atoms with Crippen molar-refractivity contribution in [1.82, 2.24) is 5.32 Å². The second-order valence-corrected chi connectivity index (χ2v) is 3.88. The molecule has 1 saturated heterocycles. The Hall–Kier alpha value is -1.10. The van der Waals surface area contributed by atoms with Crippen molar-refractivity contribution >= 4 is 0 Å². The Morgan fingerprint density at radius 3 is 2.56 bits per heavy atom. The fraction of sp³-hybridized carbons (Fsp3) is 0.455. The zero-order valence-corrected chi connectivity index (χ0v) is 8.44. The lowest BCUT2D eigenvalue weighted by Gasteiger charge is -2.17. The van der Waals surface area contributed by atoms with Crippen LogP contribution in [0.25, 0.3) is 0 Å². The quantitative estimate of drug-likeness (QED) is 0.734. The predicted molar refractivity (Wildman–Crippen MR) is 51.4 cm³/mol. The summed E-state index contributed by atoms with van der Waals surface area (Å²) in [5.74, 6) is -0.853. The van der Waals surface area contributed by atoms with Crippen LogP contribution in [0.3, 0.4) is 0 Å². The predicted octanol–water partition coefficient (Wildman–Crippen LogP) is 3.27. The zero-order valence-electron chi connectivity index (χ0n) is 8.44. The molecule has 1 nitrogen and oxygen atoms in total. The summed E-state index contributed by atoms with van der Waals surface area (Å²) in [5, 5.41) is 2.98. The molecule has 16 heavy (non-hydrogen) atoms. The largest absolute Gasteiger partial charge is 0.416 e. The molecule has 0 radical (unpaired) electrons. The van der Waals surface area contributed by atoms with Crippen LogP contribution >= 0.6 is 0 Å². The number of nitrogens with one attached hydrogen (secondary N) is 1. The molecule has 0 aromatic heterocycles. The molecule has 0 spiro atoms. The van der Waals surface area contributed by atoms with E-state index in [-0.39, 0.29) is 11.6 Å². The van der Waals surface area contributed by atoms with Crippen LogP contribution in [-0.4, -0.2) is 6.54 Å². The van der Waals surface area contributed by atoms with Gasteiger partial charge in [0.1, 0.15) is 5.82 Å². The Labute approximate surface area is 90.5 Å². The van der Waals surface area contributed by atoms with Crippen molar-refractivity contribution in [1.29, 1.82) is 0 Å². The fourth-order valence-electron chi connectivity index (χ4n) is 2.03. The molecule has 0 aliphatic carbocycles. The molecule has 0 unspecified atom stereocenters. The van der Waals surface area contributed by atoms with Crippen molar-refractivity contribution in [2.24, 2.45) is 0 Å². The van der Waals surface area contributed by atoms with Crippen molar-refractivity contribution in [3.05, 3.63) is 35.1 Å². The van der Waals surface area contributed by atoms with Gasteiger partial charge in [0.25, 0.3) is 0 Å². The summed E-state index contributed by atoms with van der Waals surface area (Å²) in [7, 11) is 0. The number of alkyl halides is 3. The van der Waals surface area contributed by atoms with Crippen LogP contribution in [0.15, 0.2) is 18.2 Å². The first-order valence-electron chi connectivity index (χ1n) is 5.08. The number of hydrogen-bond donors (Lipinski definition) is 1. The lowest BCUT2D eigenvalue weighted by molar-refractivity contribution is -0.138. The lowest BCUT2D eigenvalue weighted by Crippen LogP contribution is -2.18. The average molecular weight is 233 g/mol. The van der Waals surface area contributed by atoms with Crippen LogP contribution in [0.4, 0.5) is 17.6 Å². The van der Waals surface area contributed by atoms with E-state index in [1.807, 2.05) is 0 Å². The fourth-order valence-corrected chi connectivity index (χ4v) is 2.03. The first-order valence-corrected chi connectivity index (χ1v) is 5.08. The van der Waals surface area contributed by atoms with Gasteiger partial charge in [-0.05, 0) is 37.1 Å². The molecule has 1 aromatic rings. The van der Waals surface area contributed by atoms with Crippen LogP contribution in [0, 0.1) is 5.82 Å². The van der Waals surface area contributed by atoms with Gasteiger partial charge in [0, 0.05) is 6.04 Å². The molecule has 0 amide bonds. The van der Waals surface area contributed by atoms with Gasteiger partial charge in [-0.25, -0.2) is 4.39 Å². The van der Waals surface area contributed by atoms with E-state index >= 15 is 0 Å². The maximum atomic E-state index is 12.8. The van der Waals surface area contributed by atoms with E-state index in [0.717, 1.165) is 12.5 Å². The number of benzene rings is 1. The molecule has 0 saturated carbocycles. The van der Waals surface area contributed by atoms with Crippen molar-refractivity contribution in [3.8, 4) is 0 Å². The highest BCUT2D eigenvalue weighted by molar-refractivity contribution is 5.33. The third kappa shape index (κ3) is 2.19. The molecule has 88 valence electrons. The van der Waals surface area contributed by atoms with Gasteiger partial charge in [0.2, 0.25) is 0 Å². The minimum atomic E-state index is -4.50. The summed E-state index contributed by atoms with van der Waals surface area (Å²) < 4.78 is 50.9. The molecular formula is C11H11F4N. The number of rotatable bonds is 1. The van der Waals surface area contributed by atoms with Crippen molar-refractivity contribution in [2.75, 3.05) is 6.54 Å². The number of halogens is 4. The van der Waals surface area contributed by atoms with Crippen LogP contribution in [0.2, 0.25) is 0 Å². The van der Waals surface area contributed by atoms with E-state index in [9.17, 15) is 17.6 Å². The molecule has 1 atom stereocenters. The molecule has 1 aliphatic rings. The molecule has 1 aromatic carbocycles. The molecular weight excluding hydrogens is 222 g/mol. The van der Waals surface area contributed by atoms with Crippen molar-refractivity contribution in [2.45, 2.75) is 25.1 Å². The van der Waals surface area contributed by atoms with Crippen LogP contribution in [0.5, 0.6) is 0 Å². The molecule has 1 fully saturated rings. The SMILES string of the molecule is Fc1ccc([C@H]2CCCN2)c(C(F)(F)F)c1. The van der Waals surface area contributed by atoms with Gasteiger partial charge in [0.05, 0.1) is 5.56 Å². The van der Waals surface area contributed by atoms with Crippen LogP contribution < -0.4 is 5.32 Å². The highest BCUT2D eigenvalue weighted by Crippen LogP contribution is 2.37. The minimum Gasteiger partial charge on any atom is -0.310 e. The Bertz CT molecular complexity index is 380. The smallest absolute Gasteiger partial charge is 0.310 e. The van der Waals surface area contributed by atoms with E-state index in [1.165, 1.54) is 6.07 Å². The van der Waals surface area contributed by atoms with Gasteiger partial charge in [-0.15, -0.1) is 0 Å². The normalized spacial score (nSPS) is 21.4. The lowest BCUT2D eigenvalue weighted by atomic mass is 9.98. The zero-order chi connectivity index (χ0) is 11.8. The Morgan fingerprint density at radius 2 is 2.00 bits per heavy atom. The van der Waals surface area contributed by atoms with E-state index < -0.39 is 17.6 Å². The molecule has 1 heterocycles. The van der Waals surface area contributed by atoms with Gasteiger partial charge in [-0.3, -0.25) is 0 Å². The molecule has 0 bridgehead atoms. The van der Waals surface area contributed by atoms with Crippen LogP contribution in [-0.2, 0) is 6.18 Å². The van der Waals surface area contributed by atoms with Crippen molar-refractivity contribution in [3.63, 3.8) is 0 Å². The Kier molecular flexibility index (Phi) is 2.88. The molecule has 5 heteroatoms. The summed E-state index contributed by atoms with van der Waals surface area (Å²) in [6, 6.07) is 2.55. The van der Waals surface area contributed by atoms with Crippen LogP contribution in [0.1, 0.15) is 30.0 Å². The third-order valence-electron chi connectivity index (χ3n) is 2.76. The third-order valence-corrected chi connectivity index (χ3v) is 2.76. The Morgan fingerprint density at radius 1 is 1.25 bits per heavy atom. The maximum Gasteiger partial charge on any atom is 0.416 e. The van der Waals surface area contributed by atoms with Gasteiger partial charge >= 0.3 is 6.18 Å². The van der Waals surface area contributed by atoms with Gasteiger partial charge in [0.15, 0.2) is 0 Å². The van der Waals surface area contributed by atoms with Gasteiger partial charge in [-0.2, -0.15) is 13.2 Å². The summed E-state index contributed by atoms with van der Waals surface area (Å²) in [6.45, 7) is 0.708. The molecule has 1 N–H and O–H groups in total. The maximum absolute atomic E-state index is 12.8. The monoisotopic (exact) mass is 233 g/mol. The van der Waals surface area contributed by atoms with E-state index in [4.69, 9.17) is 0 Å². The first-order chi connectivity index (χ1) is 7.48. The minimum absolute atomic E-state index is 0.145. The summed E-state index contributed by atoms with van der Waals surface area (Å²) >= 11 is 0. The highest BCUT2D eigenvalue weighted by Gasteiger charge is 2.36. The molecule has 1 aliphatic heterocycles. The van der Waals surface area contributed by atoms with Gasteiger partial charge in [-0.1, -0.05) is 6.07 Å². The van der Waals surface area contributed by atoms with E-state index in [2.05, 4.69) is 5.32 Å². The van der Waals surface area contributed by atoms with Crippen molar-refractivity contribution < 1.29 is 17.6 Å². The summed E-state index contributed by atoms with van der Waals surface area (Å²) in [4.78, 5) is 0. The average Bonchev–Trinajstić information content (AvgIpc) is 2.69. The highest BCUT2D eigenvalue weighted by atomic mass is 19.4. The second kappa shape index (κ2) is 4.05.